The maximum Gasteiger partial charge on any atom is 0.432 e. The first-order chi connectivity index (χ1) is 12.2. The van der Waals surface area contributed by atoms with Crippen LogP contribution in [0.3, 0.4) is 0 Å². The molecule has 4 nitrogen and oxygen atoms in total. The van der Waals surface area contributed by atoms with Crippen LogP contribution in [0, 0.1) is 18.7 Å². The van der Waals surface area contributed by atoms with Gasteiger partial charge in [0.1, 0.15) is 11.5 Å². The Morgan fingerprint density at radius 1 is 1.31 bits per heavy atom. The molecule has 26 heavy (non-hydrogen) atoms. The average molecular weight is 369 g/mol. The standard InChI is InChI=1S/C18H19F4N3O/c1-11-5-6-13(14(19)7-11)10-25(9-12-3-2-4-12)17(26)15-8-16(24-23-15)18(20,21)22/h5-8,12H,2-4,9-10H2,1H3,(H,23,24). The van der Waals surface area contributed by atoms with Gasteiger partial charge >= 0.3 is 6.18 Å². The summed E-state index contributed by atoms with van der Waals surface area (Å²) >= 11 is 0. The smallest absolute Gasteiger partial charge is 0.333 e. The summed E-state index contributed by atoms with van der Waals surface area (Å²) in [5, 5.41) is 5.35. The molecule has 0 bridgehead atoms. The minimum Gasteiger partial charge on any atom is -0.333 e. The first kappa shape index (κ1) is 18.4. The number of benzene rings is 1. The number of nitrogens with zero attached hydrogens (tertiary/aromatic N) is 2. The van der Waals surface area contributed by atoms with Crippen molar-refractivity contribution in [3.05, 3.63) is 52.6 Å². The van der Waals surface area contributed by atoms with Crippen molar-refractivity contribution < 1.29 is 22.4 Å². The van der Waals surface area contributed by atoms with Gasteiger partial charge in [0.15, 0.2) is 5.69 Å². The fraction of sp³-hybridized carbons (Fsp3) is 0.444. The van der Waals surface area contributed by atoms with Gasteiger partial charge in [0.25, 0.3) is 5.91 Å². The number of nitrogens with one attached hydrogen (secondary N) is 1. The van der Waals surface area contributed by atoms with E-state index in [0.29, 0.717) is 18.2 Å². The van der Waals surface area contributed by atoms with Crippen LogP contribution in [0.1, 0.15) is 46.6 Å². The fourth-order valence-corrected chi connectivity index (χ4v) is 2.93. The summed E-state index contributed by atoms with van der Waals surface area (Å²) in [6, 6.07) is 5.40. The predicted molar refractivity (Wildman–Crippen MR) is 86.8 cm³/mol. The van der Waals surface area contributed by atoms with Crippen molar-refractivity contribution >= 4 is 5.91 Å². The Kier molecular flexibility index (Phi) is 5.02. The molecule has 0 radical (unpaired) electrons. The summed E-state index contributed by atoms with van der Waals surface area (Å²) in [5.41, 5.74) is -0.310. The van der Waals surface area contributed by atoms with Crippen LogP contribution in [-0.4, -0.2) is 27.5 Å². The highest BCUT2D eigenvalue weighted by Crippen LogP contribution is 2.30. The quantitative estimate of drug-likeness (QED) is 0.798. The first-order valence-corrected chi connectivity index (χ1v) is 8.41. The predicted octanol–water partition coefficient (Wildman–Crippen LogP) is 4.32. The van der Waals surface area contributed by atoms with Crippen molar-refractivity contribution in [3.63, 3.8) is 0 Å². The van der Waals surface area contributed by atoms with E-state index in [9.17, 15) is 22.4 Å². The molecule has 1 aromatic carbocycles. The lowest BCUT2D eigenvalue weighted by molar-refractivity contribution is -0.141. The number of aromatic amines is 1. The zero-order valence-electron chi connectivity index (χ0n) is 14.2. The number of carbonyl (C=O) groups excluding carboxylic acids is 1. The van der Waals surface area contributed by atoms with E-state index in [2.05, 4.69) is 5.10 Å². The van der Waals surface area contributed by atoms with E-state index in [0.717, 1.165) is 24.8 Å². The van der Waals surface area contributed by atoms with Crippen molar-refractivity contribution in [3.8, 4) is 0 Å². The second-order valence-electron chi connectivity index (χ2n) is 6.74. The van der Waals surface area contributed by atoms with Gasteiger partial charge in [0.2, 0.25) is 0 Å². The Hall–Kier alpha value is -2.38. The second-order valence-corrected chi connectivity index (χ2v) is 6.74. The Bertz CT molecular complexity index is 796. The van der Waals surface area contributed by atoms with Crippen molar-refractivity contribution in [2.75, 3.05) is 6.54 Å². The third-order valence-electron chi connectivity index (χ3n) is 4.66. The summed E-state index contributed by atoms with van der Waals surface area (Å²) in [6.07, 6.45) is -1.64. The molecular formula is C18H19F4N3O. The summed E-state index contributed by atoms with van der Waals surface area (Å²) in [4.78, 5) is 14.1. The van der Waals surface area contributed by atoms with Crippen LogP contribution in [0.5, 0.6) is 0 Å². The number of hydrogen-bond acceptors (Lipinski definition) is 2. The number of aromatic nitrogens is 2. The van der Waals surface area contributed by atoms with E-state index in [4.69, 9.17) is 0 Å². The third kappa shape index (κ3) is 4.05. The van der Waals surface area contributed by atoms with Crippen molar-refractivity contribution in [2.45, 2.75) is 38.9 Å². The van der Waals surface area contributed by atoms with Gasteiger partial charge < -0.3 is 4.90 Å². The SMILES string of the molecule is Cc1ccc(CN(CC2CCC2)C(=O)c2cc(C(F)(F)F)[nH]n2)c(F)c1. The van der Waals surface area contributed by atoms with Crippen molar-refractivity contribution in [2.24, 2.45) is 5.92 Å². The van der Waals surface area contributed by atoms with Crippen LogP contribution in [0.4, 0.5) is 17.6 Å². The summed E-state index contributed by atoms with van der Waals surface area (Å²) in [6.45, 7) is 2.13. The summed E-state index contributed by atoms with van der Waals surface area (Å²) in [5.74, 6) is -0.786. The Labute approximate surface area is 148 Å². The molecule has 1 aliphatic rings. The average Bonchev–Trinajstić information content (AvgIpc) is 3.01. The maximum atomic E-state index is 14.2. The summed E-state index contributed by atoms with van der Waals surface area (Å²) in [7, 11) is 0. The van der Waals surface area contributed by atoms with Gasteiger partial charge in [-0.2, -0.15) is 18.3 Å². The van der Waals surface area contributed by atoms with E-state index in [1.54, 1.807) is 19.1 Å². The molecule has 0 aliphatic heterocycles. The van der Waals surface area contributed by atoms with E-state index in [1.165, 1.54) is 11.0 Å². The zero-order chi connectivity index (χ0) is 18.9. The normalized spacial score (nSPS) is 15.0. The van der Waals surface area contributed by atoms with Gasteiger partial charge in [-0.25, -0.2) is 4.39 Å². The lowest BCUT2D eigenvalue weighted by atomic mass is 9.85. The number of halogens is 4. The number of aryl methyl sites for hydroxylation is 1. The number of carbonyl (C=O) groups is 1. The maximum absolute atomic E-state index is 14.2. The Morgan fingerprint density at radius 3 is 2.58 bits per heavy atom. The molecule has 1 saturated carbocycles. The van der Waals surface area contributed by atoms with Crippen molar-refractivity contribution in [1.29, 1.82) is 0 Å². The minimum absolute atomic E-state index is 0.00431. The monoisotopic (exact) mass is 369 g/mol. The van der Waals surface area contributed by atoms with E-state index in [1.807, 2.05) is 5.10 Å². The molecule has 1 heterocycles. The molecule has 0 unspecified atom stereocenters. The highest BCUT2D eigenvalue weighted by atomic mass is 19.4. The van der Waals surface area contributed by atoms with E-state index in [-0.39, 0.29) is 18.2 Å². The molecule has 0 spiro atoms. The first-order valence-electron chi connectivity index (χ1n) is 8.41. The molecule has 1 aromatic heterocycles. The molecule has 0 saturated heterocycles. The zero-order valence-corrected chi connectivity index (χ0v) is 14.2. The number of alkyl halides is 3. The van der Waals surface area contributed by atoms with Gasteiger partial charge in [-0.15, -0.1) is 0 Å². The van der Waals surface area contributed by atoms with E-state index < -0.39 is 23.6 Å². The number of amides is 1. The third-order valence-corrected chi connectivity index (χ3v) is 4.66. The summed E-state index contributed by atoms with van der Waals surface area (Å²) < 4.78 is 52.4. The Balaban J connectivity index is 1.82. The Morgan fingerprint density at radius 2 is 2.04 bits per heavy atom. The number of hydrogen-bond donors (Lipinski definition) is 1. The van der Waals surface area contributed by atoms with Gasteiger partial charge in [-0.3, -0.25) is 9.89 Å². The van der Waals surface area contributed by atoms with Gasteiger partial charge in [0, 0.05) is 24.7 Å². The van der Waals surface area contributed by atoms with Crippen LogP contribution < -0.4 is 0 Å². The van der Waals surface area contributed by atoms with Crippen LogP contribution >= 0.6 is 0 Å². The fourth-order valence-electron chi connectivity index (χ4n) is 2.93. The van der Waals surface area contributed by atoms with Crippen LogP contribution in [0.15, 0.2) is 24.3 Å². The number of H-pyrrole nitrogens is 1. The van der Waals surface area contributed by atoms with Gasteiger partial charge in [-0.1, -0.05) is 18.6 Å². The molecule has 8 heteroatoms. The van der Waals surface area contributed by atoms with E-state index >= 15 is 0 Å². The second kappa shape index (κ2) is 7.09. The molecule has 2 aromatic rings. The highest BCUT2D eigenvalue weighted by Gasteiger charge is 2.35. The topological polar surface area (TPSA) is 49.0 Å². The lowest BCUT2D eigenvalue weighted by Crippen LogP contribution is -2.37. The molecule has 1 amide bonds. The molecule has 1 N–H and O–H groups in total. The molecule has 140 valence electrons. The van der Waals surface area contributed by atoms with Crippen LogP contribution in [0.2, 0.25) is 0 Å². The number of rotatable bonds is 5. The molecular weight excluding hydrogens is 350 g/mol. The molecule has 3 rings (SSSR count). The lowest BCUT2D eigenvalue weighted by Gasteiger charge is -2.32. The highest BCUT2D eigenvalue weighted by molar-refractivity contribution is 5.92. The minimum atomic E-state index is -4.60. The molecule has 0 atom stereocenters. The van der Waals surface area contributed by atoms with Crippen LogP contribution in [0.25, 0.3) is 0 Å². The molecule has 1 fully saturated rings. The van der Waals surface area contributed by atoms with Gasteiger partial charge in [-0.05, 0) is 37.3 Å². The molecule has 1 aliphatic carbocycles. The van der Waals surface area contributed by atoms with Gasteiger partial charge in [0.05, 0.1) is 0 Å². The van der Waals surface area contributed by atoms with Crippen molar-refractivity contribution in [1.82, 2.24) is 15.1 Å². The largest absolute Gasteiger partial charge is 0.432 e. The van der Waals surface area contributed by atoms with Crippen LogP contribution in [-0.2, 0) is 12.7 Å².